The first-order valence-electron chi connectivity index (χ1n) is 7.80. The van der Waals surface area contributed by atoms with Crippen LogP contribution < -0.4 is 4.90 Å². The van der Waals surface area contributed by atoms with E-state index < -0.39 is 0 Å². The average Bonchev–Trinajstić information content (AvgIpc) is 2.92. The molecular formula is C16H22N4S. The topological polar surface area (TPSA) is 36.9 Å². The maximum atomic E-state index is 5.49. The van der Waals surface area contributed by atoms with Gasteiger partial charge in [0.1, 0.15) is 0 Å². The fourth-order valence-corrected chi connectivity index (χ4v) is 3.48. The molecule has 1 saturated carbocycles. The van der Waals surface area contributed by atoms with E-state index in [9.17, 15) is 0 Å². The van der Waals surface area contributed by atoms with E-state index in [1.54, 1.807) is 0 Å². The molecule has 1 aliphatic rings. The van der Waals surface area contributed by atoms with Gasteiger partial charge in [0.2, 0.25) is 5.95 Å². The molecule has 0 bridgehead atoms. The zero-order valence-electron chi connectivity index (χ0n) is 12.5. The largest absolute Gasteiger partial charge is 0.311 e. The van der Waals surface area contributed by atoms with E-state index in [2.05, 4.69) is 50.9 Å². The van der Waals surface area contributed by atoms with Crippen LogP contribution in [0.25, 0.3) is 0 Å². The Morgan fingerprint density at radius 2 is 1.95 bits per heavy atom. The fourth-order valence-electron chi connectivity index (χ4n) is 3.20. The molecule has 0 radical (unpaired) electrons. The molecule has 1 N–H and O–H groups in total. The Balaban J connectivity index is 1.99. The van der Waals surface area contributed by atoms with E-state index in [0.717, 1.165) is 23.0 Å². The number of aromatic nitrogens is 3. The lowest BCUT2D eigenvalue weighted by molar-refractivity contribution is 0.351. The number of para-hydroxylation sites is 1. The summed E-state index contributed by atoms with van der Waals surface area (Å²) in [6.07, 6.45) is 6.32. The maximum Gasteiger partial charge on any atom is 0.230 e. The second kappa shape index (κ2) is 6.43. The zero-order chi connectivity index (χ0) is 14.7. The number of aromatic amines is 1. The van der Waals surface area contributed by atoms with Crippen LogP contribution in [0, 0.1) is 4.77 Å². The summed E-state index contributed by atoms with van der Waals surface area (Å²) in [6, 6.07) is 10.9. The predicted molar refractivity (Wildman–Crippen MR) is 88.7 cm³/mol. The lowest BCUT2D eigenvalue weighted by Gasteiger charge is -2.28. The predicted octanol–water partition coefficient (Wildman–Crippen LogP) is 4.60. The van der Waals surface area contributed by atoms with E-state index in [4.69, 9.17) is 12.2 Å². The van der Waals surface area contributed by atoms with Gasteiger partial charge >= 0.3 is 0 Å². The van der Waals surface area contributed by atoms with Gasteiger partial charge in [0, 0.05) is 18.3 Å². The standard InChI is InChI=1S/C16H22N4S/c1-2-19(13-9-5-3-6-10-13)15-17-18-16(21)20(15)14-11-7-4-8-12-14/h3,5-6,9-10,14H,2,4,7-8,11-12H2,1H3,(H,18,21). The SMILES string of the molecule is CCN(c1ccccc1)c1n[nH]c(=S)n1C1CCCCC1. The Bertz CT molecular complexity index is 625. The van der Waals surface area contributed by atoms with E-state index >= 15 is 0 Å². The molecule has 1 aromatic carbocycles. The lowest BCUT2D eigenvalue weighted by atomic mass is 9.95. The van der Waals surface area contributed by atoms with E-state index in [0.29, 0.717) is 6.04 Å². The van der Waals surface area contributed by atoms with Crippen LogP contribution in [0.1, 0.15) is 45.1 Å². The molecule has 112 valence electrons. The first-order chi connectivity index (χ1) is 10.3. The highest BCUT2D eigenvalue weighted by molar-refractivity contribution is 7.71. The number of hydrogen-bond acceptors (Lipinski definition) is 3. The third-order valence-corrected chi connectivity index (χ3v) is 4.54. The van der Waals surface area contributed by atoms with Crippen molar-refractivity contribution in [1.29, 1.82) is 0 Å². The van der Waals surface area contributed by atoms with Crippen LogP contribution in [-0.2, 0) is 0 Å². The van der Waals surface area contributed by atoms with Crippen molar-refractivity contribution in [3.8, 4) is 0 Å². The molecule has 1 fully saturated rings. The Morgan fingerprint density at radius 1 is 1.24 bits per heavy atom. The summed E-state index contributed by atoms with van der Waals surface area (Å²) in [5.74, 6) is 0.945. The van der Waals surface area contributed by atoms with Crippen LogP contribution >= 0.6 is 12.2 Å². The van der Waals surface area contributed by atoms with Gasteiger partial charge in [-0.3, -0.25) is 4.57 Å². The molecule has 1 heterocycles. The molecule has 0 spiro atoms. The van der Waals surface area contributed by atoms with Gasteiger partial charge in [-0.2, -0.15) is 0 Å². The van der Waals surface area contributed by atoms with Crippen molar-refractivity contribution in [3.05, 3.63) is 35.1 Å². The first-order valence-corrected chi connectivity index (χ1v) is 8.21. The molecule has 2 aromatic rings. The van der Waals surface area contributed by atoms with Crippen molar-refractivity contribution in [3.63, 3.8) is 0 Å². The molecule has 21 heavy (non-hydrogen) atoms. The Morgan fingerprint density at radius 3 is 2.62 bits per heavy atom. The van der Waals surface area contributed by atoms with Crippen LogP contribution in [-0.4, -0.2) is 21.3 Å². The third-order valence-electron chi connectivity index (χ3n) is 4.25. The highest BCUT2D eigenvalue weighted by Crippen LogP contribution is 2.33. The van der Waals surface area contributed by atoms with E-state index in [1.165, 1.54) is 32.1 Å². The molecule has 3 rings (SSSR count). The van der Waals surface area contributed by atoms with Crippen molar-refractivity contribution >= 4 is 23.9 Å². The number of H-pyrrole nitrogens is 1. The number of nitrogens with one attached hydrogen (secondary N) is 1. The van der Waals surface area contributed by atoms with Crippen LogP contribution in [0.4, 0.5) is 11.6 Å². The average molecular weight is 302 g/mol. The van der Waals surface area contributed by atoms with Crippen LogP contribution in [0.3, 0.4) is 0 Å². The van der Waals surface area contributed by atoms with Gasteiger partial charge in [0.15, 0.2) is 4.77 Å². The molecule has 4 nitrogen and oxygen atoms in total. The number of hydrogen-bond donors (Lipinski definition) is 1. The summed E-state index contributed by atoms with van der Waals surface area (Å²) in [7, 11) is 0. The fraction of sp³-hybridized carbons (Fsp3) is 0.500. The summed E-state index contributed by atoms with van der Waals surface area (Å²) >= 11 is 5.49. The first kappa shape index (κ1) is 14.3. The van der Waals surface area contributed by atoms with Gasteiger partial charge in [-0.15, -0.1) is 5.10 Å². The van der Waals surface area contributed by atoms with Crippen molar-refractivity contribution in [2.45, 2.75) is 45.1 Å². The van der Waals surface area contributed by atoms with Crippen LogP contribution in [0.5, 0.6) is 0 Å². The van der Waals surface area contributed by atoms with Crippen molar-refractivity contribution in [1.82, 2.24) is 14.8 Å². The minimum atomic E-state index is 0.484. The second-order valence-corrected chi connectivity index (χ2v) is 5.96. The summed E-state index contributed by atoms with van der Waals surface area (Å²) in [5, 5.41) is 7.50. The molecule has 0 amide bonds. The smallest absolute Gasteiger partial charge is 0.230 e. The van der Waals surface area contributed by atoms with Gasteiger partial charge in [0.05, 0.1) is 0 Å². The monoisotopic (exact) mass is 302 g/mol. The summed E-state index contributed by atoms with van der Waals surface area (Å²) in [4.78, 5) is 2.22. The quantitative estimate of drug-likeness (QED) is 0.838. The second-order valence-electron chi connectivity index (χ2n) is 5.57. The molecule has 5 heteroatoms. The van der Waals surface area contributed by atoms with Crippen molar-refractivity contribution < 1.29 is 0 Å². The maximum absolute atomic E-state index is 5.49. The third kappa shape index (κ3) is 2.88. The van der Waals surface area contributed by atoms with Gasteiger partial charge in [0.25, 0.3) is 0 Å². The number of anilines is 2. The zero-order valence-corrected chi connectivity index (χ0v) is 13.3. The lowest BCUT2D eigenvalue weighted by Crippen LogP contribution is -2.23. The van der Waals surface area contributed by atoms with Crippen molar-refractivity contribution in [2.75, 3.05) is 11.4 Å². The number of nitrogens with zero attached hydrogens (tertiary/aromatic N) is 3. The molecule has 0 atom stereocenters. The summed E-state index contributed by atoms with van der Waals surface area (Å²) in [6.45, 7) is 3.02. The molecule has 1 aliphatic carbocycles. The Kier molecular flexibility index (Phi) is 4.39. The van der Waals surface area contributed by atoms with Crippen LogP contribution in [0.15, 0.2) is 30.3 Å². The Labute approximate surface area is 130 Å². The molecule has 0 unspecified atom stereocenters. The minimum Gasteiger partial charge on any atom is -0.311 e. The molecule has 0 aliphatic heterocycles. The molecule has 0 saturated heterocycles. The molecule has 1 aromatic heterocycles. The normalized spacial score (nSPS) is 16.0. The van der Waals surface area contributed by atoms with E-state index in [-0.39, 0.29) is 0 Å². The van der Waals surface area contributed by atoms with Gasteiger partial charge in [-0.1, -0.05) is 37.5 Å². The van der Waals surface area contributed by atoms with E-state index in [1.807, 2.05) is 6.07 Å². The molecular weight excluding hydrogens is 280 g/mol. The van der Waals surface area contributed by atoms with Gasteiger partial charge in [-0.25, -0.2) is 5.10 Å². The van der Waals surface area contributed by atoms with Gasteiger partial charge < -0.3 is 4.90 Å². The highest BCUT2D eigenvalue weighted by atomic mass is 32.1. The number of benzene rings is 1. The Hall–Kier alpha value is -1.62. The van der Waals surface area contributed by atoms with Crippen LogP contribution in [0.2, 0.25) is 0 Å². The highest BCUT2D eigenvalue weighted by Gasteiger charge is 2.23. The summed E-state index contributed by atoms with van der Waals surface area (Å²) in [5.41, 5.74) is 1.16. The minimum absolute atomic E-state index is 0.484. The summed E-state index contributed by atoms with van der Waals surface area (Å²) < 4.78 is 2.97. The van der Waals surface area contributed by atoms with Gasteiger partial charge in [-0.05, 0) is 44.1 Å². The number of rotatable bonds is 4. The van der Waals surface area contributed by atoms with Crippen molar-refractivity contribution in [2.24, 2.45) is 0 Å².